The highest BCUT2D eigenvalue weighted by atomic mass is 16.5. The minimum Gasteiger partial charge on any atom is -0.374 e. The van der Waals surface area contributed by atoms with Crippen LogP contribution in [0.15, 0.2) is 12.4 Å². The van der Waals surface area contributed by atoms with E-state index in [1.807, 2.05) is 19.3 Å². The molecule has 1 aromatic heterocycles. The molecule has 2 unspecified atom stereocenters. The molecule has 0 fully saturated rings. The summed E-state index contributed by atoms with van der Waals surface area (Å²) in [5.74, 6) is 6.75. The minimum absolute atomic E-state index is 0.0511. The molecule has 0 saturated carbocycles. The van der Waals surface area contributed by atoms with Crippen molar-refractivity contribution in [1.82, 2.24) is 15.0 Å². The molecule has 1 rings (SSSR count). The molecule has 1 aromatic rings. The Morgan fingerprint density at radius 3 is 2.72 bits per heavy atom. The van der Waals surface area contributed by atoms with Gasteiger partial charge >= 0.3 is 0 Å². The SMILES string of the molecule is CCOC(C)(CC)C(Cc1nccn1CC)NN. The summed E-state index contributed by atoms with van der Waals surface area (Å²) in [5.41, 5.74) is 2.62. The van der Waals surface area contributed by atoms with Crippen molar-refractivity contribution in [2.24, 2.45) is 5.84 Å². The van der Waals surface area contributed by atoms with Crippen LogP contribution in [0.4, 0.5) is 0 Å². The number of aromatic nitrogens is 2. The van der Waals surface area contributed by atoms with Gasteiger partial charge in [0.2, 0.25) is 0 Å². The quantitative estimate of drug-likeness (QED) is 0.545. The number of aryl methyl sites for hydroxylation is 1. The summed E-state index contributed by atoms with van der Waals surface area (Å²) in [6, 6.07) is 0.0511. The third-order valence-electron chi connectivity index (χ3n) is 3.64. The standard InChI is InChI=1S/C13H26N4O/c1-5-13(4,18-7-3)11(16-14)10-12-15-8-9-17(12)6-2/h8-9,11,16H,5-7,10,14H2,1-4H3. The van der Waals surface area contributed by atoms with Crippen molar-refractivity contribution in [3.05, 3.63) is 18.2 Å². The van der Waals surface area contributed by atoms with Crippen molar-refractivity contribution in [2.75, 3.05) is 6.61 Å². The highest BCUT2D eigenvalue weighted by Gasteiger charge is 2.33. The minimum atomic E-state index is -0.270. The maximum Gasteiger partial charge on any atom is 0.110 e. The molecule has 0 amide bonds. The molecule has 18 heavy (non-hydrogen) atoms. The van der Waals surface area contributed by atoms with E-state index < -0.39 is 0 Å². The van der Waals surface area contributed by atoms with Crippen LogP contribution >= 0.6 is 0 Å². The number of ether oxygens (including phenoxy) is 1. The lowest BCUT2D eigenvalue weighted by Crippen LogP contribution is -2.54. The third kappa shape index (κ3) is 3.31. The highest BCUT2D eigenvalue weighted by Crippen LogP contribution is 2.22. The summed E-state index contributed by atoms with van der Waals surface area (Å²) >= 11 is 0. The van der Waals surface area contributed by atoms with Gasteiger partial charge in [0.1, 0.15) is 5.82 Å². The second-order valence-corrected chi connectivity index (χ2v) is 4.65. The Bertz CT molecular complexity index is 353. The Kier molecular flexibility index (Phi) is 5.78. The number of imidazole rings is 1. The molecule has 5 nitrogen and oxygen atoms in total. The summed E-state index contributed by atoms with van der Waals surface area (Å²) in [5, 5.41) is 0. The molecular formula is C13H26N4O. The number of hydrogen-bond donors (Lipinski definition) is 2. The van der Waals surface area contributed by atoms with Gasteiger partial charge in [-0.15, -0.1) is 0 Å². The molecule has 3 N–H and O–H groups in total. The van der Waals surface area contributed by atoms with Crippen molar-refractivity contribution in [3.8, 4) is 0 Å². The molecule has 0 aliphatic heterocycles. The zero-order valence-corrected chi connectivity index (χ0v) is 11.9. The molecular weight excluding hydrogens is 228 g/mol. The Morgan fingerprint density at radius 2 is 2.22 bits per heavy atom. The van der Waals surface area contributed by atoms with Gasteiger partial charge in [-0.2, -0.15) is 0 Å². The van der Waals surface area contributed by atoms with Crippen molar-refractivity contribution in [2.45, 2.75) is 58.7 Å². The van der Waals surface area contributed by atoms with E-state index in [9.17, 15) is 0 Å². The van der Waals surface area contributed by atoms with Crippen LogP contribution < -0.4 is 11.3 Å². The molecule has 1 heterocycles. The average molecular weight is 254 g/mol. The average Bonchev–Trinajstić information content (AvgIpc) is 2.83. The first-order chi connectivity index (χ1) is 8.61. The lowest BCUT2D eigenvalue weighted by atomic mass is 9.91. The van der Waals surface area contributed by atoms with Crippen LogP contribution in [0.3, 0.4) is 0 Å². The summed E-state index contributed by atoms with van der Waals surface area (Å²) in [4.78, 5) is 4.39. The molecule has 5 heteroatoms. The Morgan fingerprint density at radius 1 is 1.50 bits per heavy atom. The van der Waals surface area contributed by atoms with Crippen LogP contribution in [-0.4, -0.2) is 27.8 Å². The van der Waals surface area contributed by atoms with Crippen LogP contribution in [0.2, 0.25) is 0 Å². The van der Waals surface area contributed by atoms with Crippen LogP contribution in [0, 0.1) is 0 Å². The van der Waals surface area contributed by atoms with Gasteiger partial charge in [0.15, 0.2) is 0 Å². The van der Waals surface area contributed by atoms with Gasteiger partial charge in [-0.3, -0.25) is 11.3 Å². The first kappa shape index (κ1) is 15.1. The van der Waals surface area contributed by atoms with E-state index >= 15 is 0 Å². The van der Waals surface area contributed by atoms with Crippen molar-refractivity contribution in [3.63, 3.8) is 0 Å². The van der Waals surface area contributed by atoms with Gasteiger partial charge in [-0.25, -0.2) is 4.98 Å². The third-order valence-corrected chi connectivity index (χ3v) is 3.64. The fourth-order valence-electron chi connectivity index (χ4n) is 2.23. The van der Waals surface area contributed by atoms with Gasteiger partial charge in [-0.1, -0.05) is 6.92 Å². The van der Waals surface area contributed by atoms with Crippen molar-refractivity contribution in [1.29, 1.82) is 0 Å². The summed E-state index contributed by atoms with van der Waals surface area (Å²) < 4.78 is 8.01. The zero-order chi connectivity index (χ0) is 13.6. The predicted molar refractivity (Wildman–Crippen MR) is 73.0 cm³/mol. The number of nitrogens with two attached hydrogens (primary N) is 1. The molecule has 0 radical (unpaired) electrons. The summed E-state index contributed by atoms with van der Waals surface area (Å²) in [6.45, 7) is 9.94. The number of hydrazine groups is 1. The number of nitrogens with one attached hydrogen (secondary N) is 1. The first-order valence-corrected chi connectivity index (χ1v) is 6.71. The molecule has 0 aliphatic rings. The van der Waals surface area contributed by atoms with Gasteiger partial charge in [0, 0.05) is 32.0 Å². The lowest BCUT2D eigenvalue weighted by molar-refractivity contribution is -0.0556. The van der Waals surface area contributed by atoms with Crippen molar-refractivity contribution < 1.29 is 4.74 Å². The smallest absolute Gasteiger partial charge is 0.110 e. The van der Waals surface area contributed by atoms with E-state index in [1.165, 1.54) is 0 Å². The summed E-state index contributed by atoms with van der Waals surface area (Å²) in [7, 11) is 0. The van der Waals surface area contributed by atoms with E-state index in [0.29, 0.717) is 6.61 Å². The van der Waals surface area contributed by atoms with Gasteiger partial charge in [0.05, 0.1) is 11.6 Å². The molecule has 0 aliphatic carbocycles. The number of rotatable bonds is 8. The molecule has 0 spiro atoms. The maximum absolute atomic E-state index is 5.87. The van der Waals surface area contributed by atoms with E-state index in [2.05, 4.69) is 35.7 Å². The summed E-state index contributed by atoms with van der Waals surface area (Å²) in [6.07, 6.45) is 5.49. The molecule has 0 aromatic carbocycles. The van der Waals surface area contributed by atoms with E-state index in [1.54, 1.807) is 0 Å². The van der Waals surface area contributed by atoms with E-state index in [-0.39, 0.29) is 11.6 Å². The monoisotopic (exact) mass is 254 g/mol. The van der Waals surface area contributed by atoms with Crippen molar-refractivity contribution >= 4 is 0 Å². The predicted octanol–water partition coefficient (Wildman–Crippen LogP) is 1.48. The Labute approximate surface area is 110 Å². The Balaban J connectivity index is 2.83. The molecule has 104 valence electrons. The topological polar surface area (TPSA) is 65.1 Å². The molecule has 0 bridgehead atoms. The van der Waals surface area contributed by atoms with Gasteiger partial charge in [0.25, 0.3) is 0 Å². The van der Waals surface area contributed by atoms with E-state index in [0.717, 1.165) is 25.2 Å². The number of nitrogens with zero attached hydrogens (tertiary/aromatic N) is 2. The normalized spacial score (nSPS) is 16.5. The largest absolute Gasteiger partial charge is 0.374 e. The Hall–Kier alpha value is -0.910. The van der Waals surface area contributed by atoms with Crippen LogP contribution in [0.1, 0.15) is 39.9 Å². The first-order valence-electron chi connectivity index (χ1n) is 6.71. The van der Waals surface area contributed by atoms with Crippen LogP contribution in [0.25, 0.3) is 0 Å². The second kappa shape index (κ2) is 6.87. The molecule has 0 saturated heterocycles. The highest BCUT2D eigenvalue weighted by molar-refractivity contribution is 5.00. The van der Waals surface area contributed by atoms with E-state index in [4.69, 9.17) is 10.6 Å². The van der Waals surface area contributed by atoms with Crippen LogP contribution in [-0.2, 0) is 17.7 Å². The van der Waals surface area contributed by atoms with Crippen LogP contribution in [0.5, 0.6) is 0 Å². The lowest BCUT2D eigenvalue weighted by Gasteiger charge is -2.36. The fourth-order valence-corrected chi connectivity index (χ4v) is 2.23. The maximum atomic E-state index is 5.87. The van der Waals surface area contributed by atoms with Gasteiger partial charge < -0.3 is 9.30 Å². The number of hydrogen-bond acceptors (Lipinski definition) is 4. The zero-order valence-electron chi connectivity index (χ0n) is 11.9. The second-order valence-electron chi connectivity index (χ2n) is 4.65. The molecule has 2 atom stereocenters. The fraction of sp³-hybridized carbons (Fsp3) is 0.769. The van der Waals surface area contributed by atoms with Gasteiger partial charge in [-0.05, 0) is 27.2 Å².